The Hall–Kier alpha value is -1.08. The summed E-state index contributed by atoms with van der Waals surface area (Å²) in [5, 5.41) is 7.66. The molecule has 4 nitrogen and oxygen atoms in total. The van der Waals surface area contributed by atoms with E-state index in [2.05, 4.69) is 52.9 Å². The van der Waals surface area contributed by atoms with Gasteiger partial charge in [-0.1, -0.05) is 32.0 Å². The van der Waals surface area contributed by atoms with Crippen LogP contribution < -0.4 is 10.1 Å². The summed E-state index contributed by atoms with van der Waals surface area (Å²) in [6, 6.07) is 8.63. The van der Waals surface area contributed by atoms with Crippen molar-refractivity contribution >= 4 is 22.6 Å². The van der Waals surface area contributed by atoms with Crippen LogP contribution in [0.15, 0.2) is 36.7 Å². The lowest BCUT2D eigenvalue weighted by Gasteiger charge is -2.13. The van der Waals surface area contributed by atoms with Crippen LogP contribution in [0.2, 0.25) is 0 Å². The minimum absolute atomic E-state index is 0.467. The summed E-state index contributed by atoms with van der Waals surface area (Å²) in [5.41, 5.74) is 1.19. The normalized spacial score (nSPS) is 11.0. The van der Waals surface area contributed by atoms with Gasteiger partial charge in [0, 0.05) is 24.3 Å². The molecule has 0 aliphatic heterocycles. The molecule has 2 aromatic rings. The molecular weight excluding hydrogens is 365 g/mol. The summed E-state index contributed by atoms with van der Waals surface area (Å²) in [6.45, 7) is 6.49. The first kappa shape index (κ1) is 15.3. The van der Waals surface area contributed by atoms with Crippen LogP contribution in [0.3, 0.4) is 0 Å². The molecule has 0 amide bonds. The first-order valence-corrected chi connectivity index (χ1v) is 7.85. The highest BCUT2D eigenvalue weighted by molar-refractivity contribution is 14.1. The molecule has 108 valence electrons. The molecule has 0 unspecified atom stereocenters. The summed E-state index contributed by atoms with van der Waals surface area (Å²) in [4.78, 5) is 0. The fourth-order valence-electron chi connectivity index (χ4n) is 1.81. The van der Waals surface area contributed by atoms with Crippen LogP contribution in [0.25, 0.3) is 0 Å². The summed E-state index contributed by atoms with van der Waals surface area (Å²) < 4.78 is 8.92. The van der Waals surface area contributed by atoms with Gasteiger partial charge in [0.2, 0.25) is 0 Å². The Morgan fingerprint density at radius 3 is 2.85 bits per heavy atom. The summed E-state index contributed by atoms with van der Waals surface area (Å²) >= 11 is 2.25. The van der Waals surface area contributed by atoms with E-state index in [-0.39, 0.29) is 0 Å². The third-order valence-electron chi connectivity index (χ3n) is 2.85. The molecule has 1 aromatic heterocycles. The second-order valence-electron chi connectivity index (χ2n) is 4.91. The quantitative estimate of drug-likeness (QED) is 0.745. The lowest BCUT2D eigenvalue weighted by atomic mass is 10.2. The lowest BCUT2D eigenvalue weighted by Crippen LogP contribution is -2.22. The van der Waals surface area contributed by atoms with Crippen LogP contribution in [0.5, 0.6) is 5.75 Å². The van der Waals surface area contributed by atoms with E-state index >= 15 is 0 Å². The van der Waals surface area contributed by atoms with Crippen LogP contribution in [0, 0.1) is 3.57 Å². The zero-order chi connectivity index (χ0) is 14.4. The van der Waals surface area contributed by atoms with E-state index in [1.54, 1.807) is 0 Å². The van der Waals surface area contributed by atoms with Crippen molar-refractivity contribution in [2.24, 2.45) is 0 Å². The zero-order valence-corrected chi connectivity index (χ0v) is 14.0. The molecule has 0 saturated carbocycles. The predicted octanol–water partition coefficient (Wildman–Crippen LogP) is 3.06. The molecule has 0 fully saturated rings. The van der Waals surface area contributed by atoms with Gasteiger partial charge in [-0.05, 0) is 28.7 Å². The van der Waals surface area contributed by atoms with Crippen LogP contribution in [-0.4, -0.2) is 22.4 Å². The number of para-hydroxylation sites is 1. The van der Waals surface area contributed by atoms with Crippen LogP contribution in [0.1, 0.15) is 19.4 Å². The van der Waals surface area contributed by atoms with Gasteiger partial charge < -0.3 is 10.1 Å². The molecule has 0 saturated heterocycles. The number of aromatic nitrogens is 2. The van der Waals surface area contributed by atoms with Gasteiger partial charge >= 0.3 is 0 Å². The number of hydrogen-bond donors (Lipinski definition) is 1. The molecule has 2 rings (SSSR count). The molecule has 0 atom stereocenters. The summed E-state index contributed by atoms with van der Waals surface area (Å²) in [5.74, 6) is 0.947. The second-order valence-corrected chi connectivity index (χ2v) is 6.16. The van der Waals surface area contributed by atoms with E-state index in [1.165, 1.54) is 5.56 Å². The first-order chi connectivity index (χ1) is 9.65. The van der Waals surface area contributed by atoms with Crippen molar-refractivity contribution in [3.8, 4) is 5.75 Å². The molecular formula is C15H20IN3O. The number of nitrogens with zero attached hydrogens (tertiary/aromatic N) is 2. The van der Waals surface area contributed by atoms with Gasteiger partial charge in [-0.3, -0.25) is 4.68 Å². The van der Waals surface area contributed by atoms with Gasteiger partial charge in [-0.15, -0.1) is 0 Å². The second kappa shape index (κ2) is 7.64. The molecule has 0 aliphatic rings. The molecule has 5 heteroatoms. The van der Waals surface area contributed by atoms with E-state index in [0.29, 0.717) is 12.6 Å². The van der Waals surface area contributed by atoms with Crippen molar-refractivity contribution < 1.29 is 4.74 Å². The maximum absolute atomic E-state index is 5.88. The van der Waals surface area contributed by atoms with E-state index in [1.807, 2.05) is 35.3 Å². The number of hydrogen-bond acceptors (Lipinski definition) is 3. The fraction of sp³-hybridized carbons (Fsp3) is 0.400. The predicted molar refractivity (Wildman–Crippen MR) is 88.9 cm³/mol. The van der Waals surface area contributed by atoms with E-state index in [0.717, 1.165) is 22.4 Å². The summed E-state index contributed by atoms with van der Waals surface area (Å²) in [6.07, 6.45) is 3.86. The molecule has 1 heterocycles. The van der Waals surface area contributed by atoms with Gasteiger partial charge in [-0.25, -0.2) is 0 Å². The van der Waals surface area contributed by atoms with Crippen molar-refractivity contribution in [3.05, 3.63) is 45.8 Å². The van der Waals surface area contributed by atoms with E-state index in [4.69, 9.17) is 4.74 Å². The molecule has 1 aromatic carbocycles. The zero-order valence-electron chi connectivity index (χ0n) is 11.8. The third-order valence-corrected chi connectivity index (χ3v) is 3.41. The van der Waals surface area contributed by atoms with Crippen LogP contribution in [0.4, 0.5) is 0 Å². The van der Waals surface area contributed by atoms with Gasteiger partial charge in [0.15, 0.2) is 0 Å². The highest BCUT2D eigenvalue weighted by Crippen LogP contribution is 2.18. The van der Waals surface area contributed by atoms with Gasteiger partial charge in [-0.2, -0.15) is 5.10 Å². The number of ether oxygens (including phenoxy) is 1. The van der Waals surface area contributed by atoms with Crippen molar-refractivity contribution in [2.75, 3.05) is 6.61 Å². The molecule has 0 radical (unpaired) electrons. The highest BCUT2D eigenvalue weighted by Gasteiger charge is 2.04. The van der Waals surface area contributed by atoms with Crippen molar-refractivity contribution in [1.29, 1.82) is 0 Å². The third kappa shape index (κ3) is 4.79. The topological polar surface area (TPSA) is 39.1 Å². The molecule has 0 aliphatic carbocycles. The average Bonchev–Trinajstić information content (AvgIpc) is 2.83. The van der Waals surface area contributed by atoms with Gasteiger partial charge in [0.1, 0.15) is 12.4 Å². The van der Waals surface area contributed by atoms with E-state index in [9.17, 15) is 0 Å². The maximum Gasteiger partial charge on any atom is 0.123 e. The Morgan fingerprint density at radius 2 is 2.15 bits per heavy atom. The maximum atomic E-state index is 5.88. The number of nitrogens with one attached hydrogen (secondary N) is 1. The number of rotatable bonds is 7. The molecule has 0 bridgehead atoms. The van der Waals surface area contributed by atoms with Gasteiger partial charge in [0.05, 0.1) is 16.3 Å². The average molecular weight is 385 g/mol. The Morgan fingerprint density at radius 1 is 1.35 bits per heavy atom. The van der Waals surface area contributed by atoms with E-state index < -0.39 is 0 Å². The Balaban J connectivity index is 1.88. The van der Waals surface area contributed by atoms with Crippen molar-refractivity contribution in [1.82, 2.24) is 15.1 Å². The molecule has 1 N–H and O–H groups in total. The highest BCUT2D eigenvalue weighted by atomic mass is 127. The molecule has 0 spiro atoms. The largest absolute Gasteiger partial charge is 0.491 e. The molecule has 20 heavy (non-hydrogen) atoms. The van der Waals surface area contributed by atoms with Crippen LogP contribution >= 0.6 is 22.6 Å². The minimum atomic E-state index is 0.467. The number of benzene rings is 1. The fourth-order valence-corrected chi connectivity index (χ4v) is 2.26. The first-order valence-electron chi connectivity index (χ1n) is 6.77. The van der Waals surface area contributed by atoms with Crippen LogP contribution in [-0.2, 0) is 13.1 Å². The standard InChI is InChI=1S/C15H20IN3O/c1-12(2)17-9-13-5-3-4-6-15(13)20-8-7-19-11-14(16)10-18-19/h3-6,10-12,17H,7-9H2,1-2H3. The number of halogens is 1. The van der Waals surface area contributed by atoms with Crippen molar-refractivity contribution in [3.63, 3.8) is 0 Å². The summed E-state index contributed by atoms with van der Waals surface area (Å²) in [7, 11) is 0. The Kier molecular flexibility index (Phi) is 5.85. The smallest absolute Gasteiger partial charge is 0.123 e. The van der Waals surface area contributed by atoms with Gasteiger partial charge in [0.25, 0.3) is 0 Å². The minimum Gasteiger partial charge on any atom is -0.491 e. The SMILES string of the molecule is CC(C)NCc1ccccc1OCCn1cc(I)cn1. The van der Waals surface area contributed by atoms with Crippen molar-refractivity contribution in [2.45, 2.75) is 33.0 Å². The lowest BCUT2D eigenvalue weighted by molar-refractivity contribution is 0.287. The monoisotopic (exact) mass is 385 g/mol. The Bertz CT molecular complexity index is 539. The Labute approximate surface area is 133 Å².